The van der Waals surface area contributed by atoms with Crippen molar-refractivity contribution in [3.05, 3.63) is 35.9 Å². The predicted octanol–water partition coefficient (Wildman–Crippen LogP) is 2.17. The van der Waals surface area contributed by atoms with E-state index in [9.17, 15) is 5.11 Å². The molecule has 1 aromatic rings. The molecule has 1 aromatic carbocycles. The molecule has 1 aliphatic heterocycles. The van der Waals surface area contributed by atoms with E-state index in [0.29, 0.717) is 12.0 Å². The minimum Gasteiger partial charge on any atom is -0.395 e. The first-order valence-electron chi connectivity index (χ1n) is 7.38. The van der Waals surface area contributed by atoms with Crippen LogP contribution in [0.3, 0.4) is 0 Å². The summed E-state index contributed by atoms with van der Waals surface area (Å²) >= 11 is 0. The predicted molar refractivity (Wildman–Crippen MR) is 78.8 cm³/mol. The largest absolute Gasteiger partial charge is 0.395 e. The highest BCUT2D eigenvalue weighted by Gasteiger charge is 2.25. The van der Waals surface area contributed by atoms with Gasteiger partial charge in [-0.25, -0.2) is 0 Å². The molecule has 1 fully saturated rings. The zero-order chi connectivity index (χ0) is 13.7. The third kappa shape index (κ3) is 3.78. The molecule has 19 heavy (non-hydrogen) atoms. The number of rotatable bonds is 5. The minimum atomic E-state index is 0.0717. The average molecular weight is 262 g/mol. The van der Waals surface area contributed by atoms with Gasteiger partial charge in [-0.2, -0.15) is 0 Å². The highest BCUT2D eigenvalue weighted by atomic mass is 16.3. The monoisotopic (exact) mass is 262 g/mol. The van der Waals surface area contributed by atoms with Crippen molar-refractivity contribution in [1.82, 2.24) is 4.90 Å². The number of nitrogens with two attached hydrogens (primary N) is 1. The maximum absolute atomic E-state index is 9.46. The molecule has 0 amide bonds. The number of nitrogens with zero attached hydrogens (tertiary/aromatic N) is 1. The molecule has 3 nitrogen and oxygen atoms in total. The molecule has 1 saturated heterocycles. The van der Waals surface area contributed by atoms with Crippen LogP contribution in [0.25, 0.3) is 0 Å². The fraction of sp³-hybridized carbons (Fsp3) is 0.625. The average Bonchev–Trinajstić information content (AvgIpc) is 2.48. The second-order valence-electron chi connectivity index (χ2n) is 5.74. The van der Waals surface area contributed by atoms with E-state index < -0.39 is 0 Å². The number of hydrogen-bond donors (Lipinski definition) is 2. The fourth-order valence-electron chi connectivity index (χ4n) is 2.99. The van der Waals surface area contributed by atoms with Crippen LogP contribution in [-0.4, -0.2) is 35.7 Å². The van der Waals surface area contributed by atoms with Gasteiger partial charge < -0.3 is 10.8 Å². The zero-order valence-corrected chi connectivity index (χ0v) is 11.8. The molecule has 0 spiro atoms. The molecule has 0 saturated carbocycles. The topological polar surface area (TPSA) is 49.5 Å². The van der Waals surface area contributed by atoms with Crippen molar-refractivity contribution in [2.45, 2.75) is 38.3 Å². The van der Waals surface area contributed by atoms with Crippen LogP contribution in [0.5, 0.6) is 0 Å². The summed E-state index contributed by atoms with van der Waals surface area (Å²) in [6.07, 6.45) is 3.59. The molecule has 3 unspecified atom stereocenters. The van der Waals surface area contributed by atoms with Gasteiger partial charge in [0.25, 0.3) is 0 Å². The molecular weight excluding hydrogens is 236 g/mol. The van der Waals surface area contributed by atoms with Crippen molar-refractivity contribution >= 4 is 0 Å². The molecule has 3 atom stereocenters. The van der Waals surface area contributed by atoms with Gasteiger partial charge in [0.15, 0.2) is 0 Å². The van der Waals surface area contributed by atoms with E-state index >= 15 is 0 Å². The van der Waals surface area contributed by atoms with Crippen LogP contribution in [0, 0.1) is 5.92 Å². The molecule has 106 valence electrons. The van der Waals surface area contributed by atoms with Gasteiger partial charge in [-0.05, 0) is 30.9 Å². The van der Waals surface area contributed by atoms with Crippen LogP contribution in [0.2, 0.25) is 0 Å². The van der Waals surface area contributed by atoms with Crippen LogP contribution in [0.1, 0.15) is 37.8 Å². The van der Waals surface area contributed by atoms with Crippen LogP contribution in [0.15, 0.2) is 30.3 Å². The maximum Gasteiger partial charge on any atom is 0.0586 e. The van der Waals surface area contributed by atoms with Gasteiger partial charge in [-0.1, -0.05) is 43.7 Å². The molecule has 2 rings (SSSR count). The Bertz CT molecular complexity index is 368. The Morgan fingerprint density at radius 1 is 1.32 bits per heavy atom. The van der Waals surface area contributed by atoms with Gasteiger partial charge in [-0.15, -0.1) is 0 Å². The molecule has 1 aliphatic rings. The standard InChI is InChI=1S/C16H26N2O/c1-13(16(17)14-7-3-2-4-8-14)11-18-10-6-5-9-15(18)12-19/h2-4,7-8,13,15-16,19H,5-6,9-12,17H2,1H3. The third-order valence-electron chi connectivity index (χ3n) is 4.28. The zero-order valence-electron chi connectivity index (χ0n) is 11.8. The Labute approximate surface area is 116 Å². The highest BCUT2D eigenvalue weighted by Crippen LogP contribution is 2.23. The Morgan fingerprint density at radius 3 is 2.74 bits per heavy atom. The van der Waals surface area contributed by atoms with Crippen LogP contribution in [-0.2, 0) is 0 Å². The Morgan fingerprint density at radius 2 is 2.05 bits per heavy atom. The molecule has 3 N–H and O–H groups in total. The van der Waals surface area contributed by atoms with Gasteiger partial charge >= 0.3 is 0 Å². The van der Waals surface area contributed by atoms with E-state index in [1.165, 1.54) is 18.4 Å². The maximum atomic E-state index is 9.46. The van der Waals surface area contributed by atoms with Gasteiger partial charge in [0, 0.05) is 18.6 Å². The van der Waals surface area contributed by atoms with Gasteiger partial charge in [-0.3, -0.25) is 4.90 Å². The SMILES string of the molecule is CC(CN1CCCCC1CO)C(N)c1ccccc1. The second-order valence-corrected chi connectivity index (χ2v) is 5.74. The van der Waals surface area contributed by atoms with Gasteiger partial charge in [0.1, 0.15) is 0 Å². The molecule has 3 heteroatoms. The molecule has 1 heterocycles. The van der Waals surface area contributed by atoms with Gasteiger partial charge in [0.2, 0.25) is 0 Å². The van der Waals surface area contributed by atoms with E-state index in [0.717, 1.165) is 19.5 Å². The van der Waals surface area contributed by atoms with Crippen molar-refractivity contribution in [3.63, 3.8) is 0 Å². The molecular formula is C16H26N2O. The van der Waals surface area contributed by atoms with E-state index in [1.807, 2.05) is 18.2 Å². The number of benzene rings is 1. The molecule has 0 bridgehead atoms. The lowest BCUT2D eigenvalue weighted by Crippen LogP contribution is -2.45. The number of aliphatic hydroxyl groups excluding tert-OH is 1. The number of likely N-dealkylation sites (tertiary alicyclic amines) is 1. The van der Waals surface area contributed by atoms with Crippen molar-refractivity contribution in [2.75, 3.05) is 19.7 Å². The summed E-state index contributed by atoms with van der Waals surface area (Å²) in [5.41, 5.74) is 7.55. The van der Waals surface area contributed by atoms with Crippen LogP contribution in [0.4, 0.5) is 0 Å². The van der Waals surface area contributed by atoms with E-state index in [2.05, 4.69) is 24.0 Å². The summed E-state index contributed by atoms with van der Waals surface area (Å²) in [5, 5.41) is 9.46. The lowest BCUT2D eigenvalue weighted by atomic mass is 9.93. The third-order valence-corrected chi connectivity index (χ3v) is 4.28. The highest BCUT2D eigenvalue weighted by molar-refractivity contribution is 5.19. The van der Waals surface area contributed by atoms with Crippen LogP contribution < -0.4 is 5.73 Å². The normalized spacial score (nSPS) is 24.1. The van der Waals surface area contributed by atoms with E-state index in [4.69, 9.17) is 5.73 Å². The fourth-order valence-corrected chi connectivity index (χ4v) is 2.99. The summed E-state index contributed by atoms with van der Waals surface area (Å²) in [7, 11) is 0. The quantitative estimate of drug-likeness (QED) is 0.855. The van der Waals surface area contributed by atoms with Crippen molar-refractivity contribution in [2.24, 2.45) is 11.7 Å². The summed E-state index contributed by atoms with van der Waals surface area (Å²) in [5.74, 6) is 0.398. The first kappa shape index (κ1) is 14.5. The van der Waals surface area contributed by atoms with E-state index in [1.54, 1.807) is 0 Å². The molecule has 0 radical (unpaired) electrons. The lowest BCUT2D eigenvalue weighted by Gasteiger charge is -2.37. The number of hydrogen-bond acceptors (Lipinski definition) is 3. The minimum absolute atomic E-state index is 0.0717. The Hall–Kier alpha value is -0.900. The number of aliphatic hydroxyl groups is 1. The lowest BCUT2D eigenvalue weighted by molar-refractivity contribution is 0.0745. The summed E-state index contributed by atoms with van der Waals surface area (Å²) in [6.45, 7) is 4.55. The molecule has 0 aromatic heterocycles. The smallest absolute Gasteiger partial charge is 0.0586 e. The van der Waals surface area contributed by atoms with Crippen molar-refractivity contribution in [3.8, 4) is 0 Å². The first-order valence-corrected chi connectivity index (χ1v) is 7.38. The molecule has 0 aliphatic carbocycles. The first-order chi connectivity index (χ1) is 9.22. The summed E-state index contributed by atoms with van der Waals surface area (Å²) in [6, 6.07) is 10.7. The summed E-state index contributed by atoms with van der Waals surface area (Å²) < 4.78 is 0. The second kappa shape index (κ2) is 7.04. The van der Waals surface area contributed by atoms with Crippen molar-refractivity contribution in [1.29, 1.82) is 0 Å². The van der Waals surface area contributed by atoms with E-state index in [-0.39, 0.29) is 12.6 Å². The Kier molecular flexibility index (Phi) is 5.37. The van der Waals surface area contributed by atoms with Crippen LogP contribution >= 0.6 is 0 Å². The number of piperidine rings is 1. The van der Waals surface area contributed by atoms with Gasteiger partial charge in [0.05, 0.1) is 6.61 Å². The Balaban J connectivity index is 1.94. The summed E-state index contributed by atoms with van der Waals surface area (Å²) in [4.78, 5) is 2.41. The van der Waals surface area contributed by atoms with Crippen molar-refractivity contribution < 1.29 is 5.11 Å².